The lowest BCUT2D eigenvalue weighted by Gasteiger charge is -2.06. The van der Waals surface area contributed by atoms with Gasteiger partial charge >= 0.3 is 11.9 Å². The highest BCUT2D eigenvalue weighted by Crippen LogP contribution is 2.11. The van der Waals surface area contributed by atoms with Crippen molar-refractivity contribution in [3.05, 3.63) is 0 Å². The molecule has 0 spiro atoms. The van der Waals surface area contributed by atoms with Crippen LogP contribution in [-0.4, -0.2) is 50.0 Å². The minimum Gasteiger partial charge on any atom is -0.473 e. The number of amides is 2. The molecule has 84 valence electrons. The fourth-order valence-electron chi connectivity index (χ4n) is 0.575. The molecule has 1 saturated heterocycles. The Bertz CT molecular complexity index is 307. The standard InChI is InChI=1S/C4H5NO4.C2H2O4/c6-2-1-4(8,9)3(7)5-2;3-1(4)2(5)6/h8-9H,1H2,(H,5,6,7);(H,3,4)(H,5,6). The molecule has 9 heteroatoms. The predicted molar refractivity (Wildman–Crippen MR) is 40.2 cm³/mol. The molecule has 15 heavy (non-hydrogen) atoms. The Hall–Kier alpha value is -2.00. The molecule has 1 rings (SSSR count). The van der Waals surface area contributed by atoms with Crippen molar-refractivity contribution in [3.63, 3.8) is 0 Å². The van der Waals surface area contributed by atoms with Gasteiger partial charge in [0.2, 0.25) is 5.91 Å². The minimum absolute atomic E-state index is 0.564. The van der Waals surface area contributed by atoms with Gasteiger partial charge in [0.15, 0.2) is 0 Å². The summed E-state index contributed by atoms with van der Waals surface area (Å²) in [6.45, 7) is 0. The number of carbonyl (C=O) groups is 4. The van der Waals surface area contributed by atoms with E-state index < -0.39 is 36.0 Å². The molecule has 0 radical (unpaired) electrons. The molecule has 5 N–H and O–H groups in total. The first-order valence-electron chi connectivity index (χ1n) is 3.42. The van der Waals surface area contributed by atoms with E-state index in [1.807, 2.05) is 0 Å². The van der Waals surface area contributed by atoms with Crippen molar-refractivity contribution in [2.45, 2.75) is 12.2 Å². The molecular formula is C6H7NO8. The van der Waals surface area contributed by atoms with Crippen LogP contribution in [0.25, 0.3) is 0 Å². The maximum atomic E-state index is 10.3. The molecule has 1 heterocycles. The summed E-state index contributed by atoms with van der Waals surface area (Å²) in [7, 11) is 0. The van der Waals surface area contributed by atoms with Crippen LogP contribution in [-0.2, 0) is 19.2 Å². The summed E-state index contributed by atoms with van der Waals surface area (Å²) in [4.78, 5) is 38.7. The van der Waals surface area contributed by atoms with Gasteiger partial charge in [0.25, 0.3) is 11.7 Å². The van der Waals surface area contributed by atoms with Crippen molar-refractivity contribution in [2.24, 2.45) is 0 Å². The van der Waals surface area contributed by atoms with Gasteiger partial charge in [-0.25, -0.2) is 9.59 Å². The van der Waals surface area contributed by atoms with E-state index in [1.165, 1.54) is 0 Å². The summed E-state index contributed by atoms with van der Waals surface area (Å²) in [5.74, 6) is -7.83. The third-order valence-corrected chi connectivity index (χ3v) is 1.21. The molecule has 1 aliphatic rings. The normalized spacial score (nSPS) is 17.5. The van der Waals surface area contributed by atoms with Crippen LogP contribution in [0.5, 0.6) is 0 Å². The third kappa shape index (κ3) is 4.15. The number of carboxylic acids is 2. The Kier molecular flexibility index (Phi) is 3.88. The first-order chi connectivity index (χ1) is 6.66. The molecule has 9 nitrogen and oxygen atoms in total. The van der Waals surface area contributed by atoms with Crippen LogP contribution < -0.4 is 5.32 Å². The lowest BCUT2D eigenvalue weighted by molar-refractivity contribution is -0.176. The van der Waals surface area contributed by atoms with E-state index in [0.29, 0.717) is 0 Å². The Morgan fingerprint density at radius 2 is 1.53 bits per heavy atom. The van der Waals surface area contributed by atoms with Gasteiger partial charge in [0.05, 0.1) is 6.42 Å². The fraction of sp³-hybridized carbons (Fsp3) is 0.333. The number of hydrogen-bond acceptors (Lipinski definition) is 6. The third-order valence-electron chi connectivity index (χ3n) is 1.21. The van der Waals surface area contributed by atoms with E-state index in [2.05, 4.69) is 0 Å². The molecule has 0 aromatic rings. The van der Waals surface area contributed by atoms with E-state index in [1.54, 1.807) is 5.32 Å². The van der Waals surface area contributed by atoms with Gasteiger partial charge in [-0.1, -0.05) is 0 Å². The van der Waals surface area contributed by atoms with Gasteiger partial charge < -0.3 is 20.4 Å². The lowest BCUT2D eigenvalue weighted by Crippen LogP contribution is -2.37. The van der Waals surface area contributed by atoms with Crippen LogP contribution in [0.2, 0.25) is 0 Å². The highest BCUT2D eigenvalue weighted by molar-refractivity contribution is 6.27. The Balaban J connectivity index is 0.000000288. The smallest absolute Gasteiger partial charge is 0.414 e. The molecule has 0 saturated carbocycles. The quantitative estimate of drug-likeness (QED) is 0.163. The first-order valence-corrected chi connectivity index (χ1v) is 3.42. The van der Waals surface area contributed by atoms with Crippen molar-refractivity contribution in [1.82, 2.24) is 5.32 Å². The minimum atomic E-state index is -2.48. The zero-order chi connectivity index (χ0) is 12.2. The zero-order valence-electron chi connectivity index (χ0n) is 7.13. The number of nitrogens with one attached hydrogen (secondary N) is 1. The fourth-order valence-corrected chi connectivity index (χ4v) is 0.575. The van der Waals surface area contributed by atoms with E-state index >= 15 is 0 Å². The van der Waals surface area contributed by atoms with Crippen LogP contribution in [0.15, 0.2) is 0 Å². The van der Waals surface area contributed by atoms with Crippen molar-refractivity contribution in [1.29, 1.82) is 0 Å². The van der Waals surface area contributed by atoms with Gasteiger partial charge in [-0.2, -0.15) is 0 Å². The second-order valence-corrected chi connectivity index (χ2v) is 2.48. The van der Waals surface area contributed by atoms with E-state index in [4.69, 9.17) is 30.0 Å². The summed E-state index contributed by atoms with van der Waals surface area (Å²) >= 11 is 0. The van der Waals surface area contributed by atoms with E-state index in [0.717, 1.165) is 0 Å². The zero-order valence-corrected chi connectivity index (χ0v) is 7.13. The van der Waals surface area contributed by atoms with E-state index in [9.17, 15) is 9.59 Å². The first kappa shape index (κ1) is 13.0. The molecule has 1 aliphatic heterocycles. The molecule has 0 unspecified atom stereocenters. The maximum Gasteiger partial charge on any atom is 0.414 e. The van der Waals surface area contributed by atoms with Crippen molar-refractivity contribution >= 4 is 23.8 Å². The number of aliphatic hydroxyl groups is 2. The van der Waals surface area contributed by atoms with Gasteiger partial charge in [-0.05, 0) is 0 Å². The molecular weight excluding hydrogens is 214 g/mol. The van der Waals surface area contributed by atoms with Gasteiger partial charge in [0.1, 0.15) is 0 Å². The largest absolute Gasteiger partial charge is 0.473 e. The van der Waals surface area contributed by atoms with Crippen LogP contribution in [0.4, 0.5) is 0 Å². The number of aliphatic carboxylic acids is 2. The lowest BCUT2D eigenvalue weighted by atomic mass is 10.2. The Labute approximate surface area is 81.9 Å². The van der Waals surface area contributed by atoms with Crippen molar-refractivity contribution in [2.75, 3.05) is 0 Å². The number of imide groups is 1. The van der Waals surface area contributed by atoms with Crippen LogP contribution >= 0.6 is 0 Å². The summed E-state index contributed by atoms with van der Waals surface area (Å²) in [5.41, 5.74) is 0. The average Bonchev–Trinajstić information content (AvgIpc) is 2.24. The number of carboxylic acid groups (broad SMARTS) is 2. The Morgan fingerprint density at radius 3 is 1.60 bits per heavy atom. The van der Waals surface area contributed by atoms with Gasteiger partial charge in [-0.3, -0.25) is 14.9 Å². The number of hydrogen-bond donors (Lipinski definition) is 5. The van der Waals surface area contributed by atoms with Crippen LogP contribution in [0, 0.1) is 0 Å². The molecule has 1 fully saturated rings. The predicted octanol–water partition coefficient (Wildman–Crippen LogP) is -3.13. The molecule has 0 aromatic heterocycles. The topological polar surface area (TPSA) is 161 Å². The molecule has 0 atom stereocenters. The molecule has 0 aliphatic carbocycles. The maximum absolute atomic E-state index is 10.3. The molecule has 0 bridgehead atoms. The summed E-state index contributed by atoms with van der Waals surface area (Å²) in [6, 6.07) is 0. The average molecular weight is 221 g/mol. The number of rotatable bonds is 0. The van der Waals surface area contributed by atoms with Crippen LogP contribution in [0.3, 0.4) is 0 Å². The molecule has 0 aromatic carbocycles. The van der Waals surface area contributed by atoms with Gasteiger partial charge in [-0.15, -0.1) is 0 Å². The summed E-state index contributed by atoms with van der Waals surface area (Å²) in [6.07, 6.45) is -0.564. The molecule has 2 amide bonds. The summed E-state index contributed by atoms with van der Waals surface area (Å²) < 4.78 is 0. The monoisotopic (exact) mass is 221 g/mol. The van der Waals surface area contributed by atoms with Gasteiger partial charge in [0, 0.05) is 0 Å². The second kappa shape index (κ2) is 4.48. The van der Waals surface area contributed by atoms with Crippen LogP contribution in [0.1, 0.15) is 6.42 Å². The van der Waals surface area contributed by atoms with Crippen molar-refractivity contribution < 1.29 is 39.6 Å². The highest BCUT2D eigenvalue weighted by atomic mass is 16.5. The van der Waals surface area contributed by atoms with Crippen molar-refractivity contribution in [3.8, 4) is 0 Å². The Morgan fingerprint density at radius 1 is 1.13 bits per heavy atom. The second-order valence-electron chi connectivity index (χ2n) is 2.48. The highest BCUT2D eigenvalue weighted by Gasteiger charge is 2.43. The SMILES string of the molecule is O=C(O)C(=O)O.O=C1CC(O)(O)C(=O)N1. The van der Waals surface area contributed by atoms with E-state index in [-0.39, 0.29) is 0 Å². The summed E-state index contributed by atoms with van der Waals surface area (Å²) in [5, 5.41) is 33.6. The number of carbonyl (C=O) groups excluding carboxylic acids is 2.